The first-order valence-corrected chi connectivity index (χ1v) is 37.5. The molecule has 1 aliphatic heterocycles. The number of hydrogen-bond donors (Lipinski definition) is 0. The number of pyridine rings is 1. The van der Waals surface area contributed by atoms with E-state index in [9.17, 15) is 39.8 Å². The van der Waals surface area contributed by atoms with E-state index in [2.05, 4.69) is 48.5 Å². The average Bonchev–Trinajstić information content (AvgIpc) is 0.672. The Morgan fingerprint density at radius 1 is 0.444 bits per heavy atom. The predicted octanol–water partition coefficient (Wildman–Crippen LogP) is 19.8. The second-order valence-electron chi connectivity index (χ2n) is 25.2. The molecule has 5 nitrogen and oxygen atoms in total. The number of aromatic nitrogens is 2. The molecule has 1 aliphatic carbocycles. The number of nitrogens with zero attached hydrogens (tertiary/aromatic N) is 4. The molecule has 16 aromatic rings. The van der Waals surface area contributed by atoms with E-state index in [1.54, 1.807) is 16.7 Å². The monoisotopic (exact) mass is 1650 g/mol. The van der Waals surface area contributed by atoms with E-state index < -0.39 is 308 Å². The molecule has 0 unspecified atom stereocenters. The smallest absolute Gasteiger partial charge is 0.179 e. The van der Waals surface area contributed by atoms with Crippen molar-refractivity contribution < 1.29 is 88.9 Å². The second kappa shape index (κ2) is 28.4. The van der Waals surface area contributed by atoms with Crippen molar-refractivity contribution in [1.82, 2.24) is 9.55 Å². The first kappa shape index (κ1) is 35.1. The largest absolute Gasteiger partial charge is 0.509 e. The normalized spacial score (nSPS) is 21.6. The zero-order valence-corrected chi connectivity index (χ0v) is 60.8. The van der Waals surface area contributed by atoms with Crippen LogP contribution in [0.15, 0.2) is 357 Å². The summed E-state index contributed by atoms with van der Waals surface area (Å²) < 4.78 is 445. The third-order valence-corrected chi connectivity index (χ3v) is 28.0. The van der Waals surface area contributed by atoms with E-state index >= 15 is 0 Å². The van der Waals surface area contributed by atoms with Crippen LogP contribution < -0.4 is 56.0 Å². The van der Waals surface area contributed by atoms with Crippen LogP contribution in [0.2, 0.25) is 0 Å². The summed E-state index contributed by atoms with van der Waals surface area (Å²) in [5.74, 6) is -0.318. The predicted molar refractivity (Wildman–Crippen MR) is 452 cm³/mol. The van der Waals surface area contributed by atoms with Gasteiger partial charge >= 0.3 is 0 Å². The molecule has 0 spiro atoms. The summed E-state index contributed by atoms with van der Waals surface area (Å²) in [6.07, 6.45) is -8.85. The summed E-state index contributed by atoms with van der Waals surface area (Å²) in [6, 6.07) is 25.5. The van der Waals surface area contributed by atoms with Crippen LogP contribution in [0.1, 0.15) is 127 Å². The van der Waals surface area contributed by atoms with Crippen LogP contribution in [0, 0.1) is 25.2 Å². The van der Waals surface area contributed by atoms with Gasteiger partial charge in [-0.1, -0.05) is 330 Å². The van der Waals surface area contributed by atoms with Gasteiger partial charge in [-0.15, -0.1) is 47.6 Å². The molecule has 2 aromatic heterocycles. The van der Waals surface area contributed by atoms with Gasteiger partial charge in [-0.05, 0) is 135 Å². The van der Waals surface area contributed by atoms with Crippen molar-refractivity contribution in [2.45, 2.75) is 64.8 Å². The van der Waals surface area contributed by atoms with Crippen LogP contribution in [-0.2, 0) is 31.9 Å². The molecular formula is C100H81N4OPtSi2-3. The van der Waals surface area contributed by atoms with Gasteiger partial charge in [-0.3, -0.25) is 0 Å². The fraction of sp³-hybridized carbons (Fsp3) is 0.100. The molecule has 0 saturated heterocycles. The van der Waals surface area contributed by atoms with Gasteiger partial charge < -0.3 is 19.1 Å². The second-order valence-corrected chi connectivity index (χ2v) is 32.6. The van der Waals surface area contributed by atoms with E-state index in [-0.39, 0.29) is 72.7 Å². The van der Waals surface area contributed by atoms with Crippen LogP contribution in [0.4, 0.5) is 22.7 Å². The van der Waals surface area contributed by atoms with E-state index in [1.807, 2.05) is 72.8 Å². The number of rotatable bonds is 16. The Balaban J connectivity index is 0.0000161. The molecule has 0 saturated carbocycles. The molecule has 18 rings (SSSR count). The molecule has 0 N–H and O–H groups in total. The fourth-order valence-electron chi connectivity index (χ4n) is 14.6. The Kier molecular flexibility index (Phi) is 9.21. The molecule has 0 amide bonds. The number of benzene rings is 14. The molecule has 108 heavy (non-hydrogen) atoms. The topological polar surface area (TPSA) is 33.5 Å². The molecule has 14 aromatic carbocycles. The number of hydrogen-bond acceptors (Lipinski definition) is 4. The summed E-state index contributed by atoms with van der Waals surface area (Å²) in [4.78, 5) is 7.50. The zero-order valence-electron chi connectivity index (χ0n) is 102. The molecule has 528 valence electrons. The Morgan fingerprint density at radius 2 is 0.972 bits per heavy atom. The molecule has 0 atom stereocenters. The SMILES string of the molecule is [2H]c1c([2H])c([2H])c(-c2cnc(-n3c4[c-]c(Oc5[c-]c(N6c7ccccc7N(c7c(-c8c([2H])c([2H])c9c(c8[2H])C(C([2H])([2H])[2H])(C([2H])([2H])[2H])C([2H])([2H])C([2H])([2H])C9(C([2H])([2H])[2H])C([2H])([2H])[2H])cccc7-c7c([2H])c([2H])c([2H])c([Si](c8c([2H])c([2H])c([2H])c([2H])c8[2H])(c8c([2H])c([2H])c([2H])c([2H])c8[2H])c8c([2H])c([2H])c([2H])c([2H])c8[2H])c7[2H])[C-]6C)ccc5)ccc4c4cc([Si](c5ccccc5)(c5ccccc5)c5ccccc5)ccc43)cc2C([2H])([2H])[2H])c([2H])c1[2H].[Pt]. The Hall–Kier alpha value is -11.4. The van der Waals surface area contributed by atoms with Crippen molar-refractivity contribution in [2.24, 2.45) is 0 Å². The summed E-state index contributed by atoms with van der Waals surface area (Å²) in [7, 11) is -10.2. The van der Waals surface area contributed by atoms with E-state index in [1.165, 1.54) is 65.3 Å². The van der Waals surface area contributed by atoms with Crippen molar-refractivity contribution >= 4 is 102 Å². The van der Waals surface area contributed by atoms with Gasteiger partial charge in [0.1, 0.15) is 5.82 Å². The van der Waals surface area contributed by atoms with Gasteiger partial charge in [-0.25, -0.2) is 4.98 Å². The van der Waals surface area contributed by atoms with Gasteiger partial charge in [-0.2, -0.15) is 19.1 Å². The Bertz CT molecular complexity index is 8120. The molecule has 3 heterocycles. The molecule has 8 heteroatoms. The molecule has 0 fully saturated rings. The number of fused-ring (bicyclic) bond motifs is 5. The van der Waals surface area contributed by atoms with Gasteiger partial charge in [0.05, 0.1) is 37.0 Å². The van der Waals surface area contributed by atoms with Gasteiger partial charge in [0.15, 0.2) is 16.1 Å². The van der Waals surface area contributed by atoms with Gasteiger partial charge in [0.2, 0.25) is 0 Å². The van der Waals surface area contributed by atoms with Crippen LogP contribution in [0.25, 0.3) is 61.0 Å². The van der Waals surface area contributed by atoms with Crippen molar-refractivity contribution in [3.8, 4) is 50.7 Å². The minimum absolute atomic E-state index is 0. The summed E-state index contributed by atoms with van der Waals surface area (Å²) >= 11 is 0. The quantitative estimate of drug-likeness (QED) is 0.0548. The van der Waals surface area contributed by atoms with E-state index in [0.717, 1.165) is 45.1 Å². The van der Waals surface area contributed by atoms with Crippen molar-refractivity contribution in [3.05, 3.63) is 392 Å². The average molecular weight is 1650 g/mol. The van der Waals surface area contributed by atoms with Crippen molar-refractivity contribution in [3.63, 3.8) is 0 Å². The first-order chi connectivity index (χ1) is 71.4. The van der Waals surface area contributed by atoms with E-state index in [0.29, 0.717) is 16.3 Å². The number of anilines is 4. The molecular weight excluding hydrogens is 1520 g/mol. The number of aryl methyl sites for hydroxylation is 1. The molecule has 0 bridgehead atoms. The molecule has 2 aliphatic rings. The maximum absolute atomic E-state index is 11.2. The van der Waals surface area contributed by atoms with Gasteiger partial charge in [0.25, 0.3) is 0 Å². The third kappa shape index (κ3) is 11.8. The Labute approximate surface area is 716 Å². The maximum Gasteiger partial charge on any atom is 0.179 e. The summed E-state index contributed by atoms with van der Waals surface area (Å²) in [5, 5.41) is -0.308. The molecule has 0 radical (unpaired) electrons. The van der Waals surface area contributed by atoms with Crippen LogP contribution >= 0.6 is 0 Å². The first-order valence-electron chi connectivity index (χ1n) is 56.5. The third-order valence-electron chi connectivity index (χ3n) is 19.2. The zero-order chi connectivity index (χ0) is 112. The summed E-state index contributed by atoms with van der Waals surface area (Å²) in [5.41, 5.74) is -19.0. The van der Waals surface area contributed by atoms with Crippen molar-refractivity contribution in [2.75, 3.05) is 9.80 Å². The Morgan fingerprint density at radius 3 is 1.57 bits per heavy atom. The van der Waals surface area contributed by atoms with Crippen LogP contribution in [0.5, 0.6) is 11.5 Å². The van der Waals surface area contributed by atoms with Crippen LogP contribution in [0.3, 0.4) is 0 Å². The standard InChI is InChI=1S/C100H81N4OSi2.Pt/c1-70-63-97(101-69-90(70)72-33-14-7-15-34-72)104-93-60-57-85(107(81-44-22-11-23-45-81,82-46-24-12-25-47-82)83-48-26-13-27-49-83)68-89(93)88-58-56-77(67-96(88)104)105-76-37-31-36-75(66-76)102-71(2)103(95-54-29-28-53-94(95)102)98-86(51-32-52-87(98)74-55-59-91-92(65-74)100(5,6)62-61-99(91,3)4)73-35-30-50-84(64-73)106(78-38-16-8-17-39-78,79-40-18-9-19-41-79)80-42-20-10-21-43-80;/h7-60,63-65,68-69H,61-62H2,1-6H3;/q-3;/i1D3,3D3,4D3,5D3,6D3,7D,8D,9D,10D,14D,15D,16D,17D,18D,19D,20D,21D,30D,33D,34D,35D,38D,39D,40D,41D,42D,43D,50D,55D,59D,61D2,62D2,64D,65D;. The summed E-state index contributed by atoms with van der Waals surface area (Å²) in [6.45, 7) is -20.1. The fourth-order valence-corrected chi connectivity index (χ4v) is 23.0. The minimum atomic E-state index is -6.81. The minimum Gasteiger partial charge on any atom is -0.509 e. The number of ether oxygens (including phenoxy) is 1. The van der Waals surface area contributed by atoms with Crippen molar-refractivity contribution in [1.29, 1.82) is 0 Å². The maximum atomic E-state index is 11.2. The van der Waals surface area contributed by atoms with E-state index in [4.69, 9.17) is 33.0 Å². The van der Waals surface area contributed by atoms with Gasteiger partial charge in [0, 0.05) is 104 Å². The number of para-hydroxylation sites is 3. The van der Waals surface area contributed by atoms with Crippen LogP contribution in [-0.4, -0.2) is 25.7 Å².